The molecule has 38 heavy (non-hydrogen) atoms. The molecule has 1 fully saturated rings. The van der Waals surface area contributed by atoms with Crippen molar-refractivity contribution in [1.29, 1.82) is 0 Å². The first-order valence-electron chi connectivity index (χ1n) is 12.6. The maximum Gasteiger partial charge on any atom is 0.474 e. The Bertz CT molecular complexity index is 1350. The molecule has 0 radical (unpaired) electrons. The van der Waals surface area contributed by atoms with Crippen LogP contribution in [0.3, 0.4) is 0 Å². The molecule has 2 aromatic heterocycles. The summed E-state index contributed by atoms with van der Waals surface area (Å²) in [6.45, 7) is 8.24. The van der Waals surface area contributed by atoms with Crippen molar-refractivity contribution in [2.45, 2.75) is 32.8 Å². The van der Waals surface area contributed by atoms with E-state index in [2.05, 4.69) is 20.3 Å². The van der Waals surface area contributed by atoms with E-state index >= 15 is 0 Å². The van der Waals surface area contributed by atoms with Crippen molar-refractivity contribution < 1.29 is 32.4 Å². The van der Waals surface area contributed by atoms with Gasteiger partial charge in [0.25, 0.3) is 5.91 Å². The van der Waals surface area contributed by atoms with Crippen LogP contribution in [0.5, 0.6) is 5.75 Å². The van der Waals surface area contributed by atoms with Gasteiger partial charge in [-0.2, -0.15) is 5.10 Å². The first kappa shape index (κ1) is 26.6. The van der Waals surface area contributed by atoms with Gasteiger partial charge in [0.05, 0.1) is 50.6 Å². The third-order valence-electron chi connectivity index (χ3n) is 6.33. The molecule has 1 aromatic carbocycles. The molecule has 2 aliphatic heterocycles. The Morgan fingerprint density at radius 1 is 1.18 bits per heavy atom. The lowest BCUT2D eigenvalue weighted by Crippen LogP contribution is -2.37. The van der Waals surface area contributed by atoms with Crippen LogP contribution in [0, 0.1) is 0 Å². The number of carbonyl (C=O) groups is 1. The second-order valence-electron chi connectivity index (χ2n) is 9.26. The second-order valence-corrected chi connectivity index (χ2v) is 10.9. The number of nitrogens with one attached hydrogen (secondary N) is 1. The van der Waals surface area contributed by atoms with Gasteiger partial charge < -0.3 is 19.7 Å². The Labute approximate surface area is 220 Å². The second kappa shape index (κ2) is 11.0. The van der Waals surface area contributed by atoms with Crippen molar-refractivity contribution in [3.05, 3.63) is 47.9 Å². The van der Waals surface area contributed by atoms with Crippen LogP contribution in [-0.2, 0) is 29.3 Å². The van der Waals surface area contributed by atoms with E-state index < -0.39 is 13.4 Å². The number of phosphoric acid groups is 1. The fourth-order valence-electron chi connectivity index (χ4n) is 4.62. The first-order chi connectivity index (χ1) is 18.3. The number of hydrogen-bond acceptors (Lipinski definition) is 10. The highest BCUT2D eigenvalue weighted by atomic mass is 31.2. The zero-order valence-corrected chi connectivity index (χ0v) is 22.6. The third-order valence-corrected chi connectivity index (χ3v) is 7.92. The van der Waals surface area contributed by atoms with Crippen molar-refractivity contribution in [3.63, 3.8) is 0 Å². The van der Waals surface area contributed by atoms with Gasteiger partial charge in [0.15, 0.2) is 5.65 Å². The highest BCUT2D eigenvalue weighted by molar-refractivity contribution is 7.48. The topological polar surface area (TPSA) is 126 Å². The van der Waals surface area contributed by atoms with E-state index in [0.29, 0.717) is 55.4 Å². The van der Waals surface area contributed by atoms with Gasteiger partial charge in [-0.3, -0.25) is 18.4 Å². The Morgan fingerprint density at radius 3 is 2.68 bits per heavy atom. The van der Waals surface area contributed by atoms with Gasteiger partial charge in [-0.1, -0.05) is 0 Å². The lowest BCUT2D eigenvalue weighted by molar-refractivity contribution is 0.0274. The number of hydrogen-bond donors (Lipinski definition) is 1. The number of amides is 1. The highest BCUT2D eigenvalue weighted by Crippen LogP contribution is 2.51. The Morgan fingerprint density at radius 2 is 1.95 bits per heavy atom. The summed E-state index contributed by atoms with van der Waals surface area (Å²) in [6, 6.07) is 5.61. The normalized spacial score (nSPS) is 19.4. The van der Waals surface area contributed by atoms with Crippen LogP contribution in [0.4, 0.5) is 11.4 Å². The Hall–Kier alpha value is -3.02. The van der Waals surface area contributed by atoms with Crippen LogP contribution in [0.15, 0.2) is 36.8 Å². The van der Waals surface area contributed by atoms with Gasteiger partial charge >= 0.3 is 7.82 Å². The summed E-state index contributed by atoms with van der Waals surface area (Å²) in [4.78, 5) is 19.8. The summed E-state index contributed by atoms with van der Waals surface area (Å²) in [5.41, 5.74) is 2.40. The number of nitrogens with zero attached hydrogens (tertiary/aromatic N) is 4. The zero-order chi connectivity index (χ0) is 26.8. The van der Waals surface area contributed by atoms with Gasteiger partial charge in [-0.25, -0.2) is 14.1 Å². The van der Waals surface area contributed by atoms with E-state index in [4.69, 9.17) is 23.0 Å². The van der Waals surface area contributed by atoms with Crippen LogP contribution >= 0.6 is 7.82 Å². The molecule has 12 nitrogen and oxygen atoms in total. The molecule has 0 saturated carbocycles. The molecular formula is C25H32N5O7P. The average Bonchev–Trinajstić information content (AvgIpc) is 3.48. The number of morpholine rings is 1. The largest absolute Gasteiger partial charge is 0.484 e. The molecule has 13 heteroatoms. The summed E-state index contributed by atoms with van der Waals surface area (Å²) in [5, 5.41) is 7.29. The fraction of sp³-hybridized carbons (Fsp3) is 0.480. The fourth-order valence-corrected chi connectivity index (χ4v) is 5.91. The first-order valence-corrected chi connectivity index (χ1v) is 14.1. The molecular weight excluding hydrogens is 513 g/mol. The quantitative estimate of drug-likeness (QED) is 0.377. The minimum absolute atomic E-state index is 0.00159. The van der Waals surface area contributed by atoms with Gasteiger partial charge in [0.2, 0.25) is 0 Å². The van der Waals surface area contributed by atoms with Crippen molar-refractivity contribution in [1.82, 2.24) is 14.6 Å². The SMILES string of the molecule is CCOP(=O)(OCC)OCC1(C)Cc2cc(NC(=O)c3cnn4cccnc34)c(N3CCOCC3)cc2O1. The van der Waals surface area contributed by atoms with E-state index in [1.54, 1.807) is 36.8 Å². The lowest BCUT2D eigenvalue weighted by atomic mass is 9.99. The number of fused-ring (bicyclic) bond motifs is 2. The van der Waals surface area contributed by atoms with Gasteiger partial charge in [-0.15, -0.1) is 0 Å². The average molecular weight is 546 g/mol. The summed E-state index contributed by atoms with van der Waals surface area (Å²) in [7, 11) is -3.69. The summed E-state index contributed by atoms with van der Waals surface area (Å²) in [5.74, 6) is 0.364. The lowest BCUT2D eigenvalue weighted by Gasteiger charge is -2.31. The molecule has 1 amide bonds. The van der Waals surface area contributed by atoms with Gasteiger partial charge in [0.1, 0.15) is 16.9 Å². The number of ether oxygens (including phenoxy) is 2. The molecule has 4 heterocycles. The van der Waals surface area contributed by atoms with E-state index in [0.717, 1.165) is 11.3 Å². The number of rotatable bonds is 10. The predicted octanol–water partition coefficient (Wildman–Crippen LogP) is 3.71. The summed E-state index contributed by atoms with van der Waals surface area (Å²) >= 11 is 0. The van der Waals surface area contributed by atoms with Crippen LogP contribution in [0.2, 0.25) is 0 Å². The molecule has 0 spiro atoms. The number of benzene rings is 1. The van der Waals surface area contributed by atoms with Crippen molar-refractivity contribution >= 4 is 30.8 Å². The van der Waals surface area contributed by atoms with Crippen LogP contribution in [-0.4, -0.2) is 72.2 Å². The van der Waals surface area contributed by atoms with Crippen molar-refractivity contribution in [2.24, 2.45) is 0 Å². The smallest absolute Gasteiger partial charge is 0.474 e. The summed E-state index contributed by atoms with van der Waals surface area (Å²) in [6.07, 6.45) is 5.35. The van der Waals surface area contributed by atoms with Crippen LogP contribution in [0.1, 0.15) is 36.7 Å². The predicted molar refractivity (Wildman–Crippen MR) is 140 cm³/mol. The number of aromatic nitrogens is 3. The van der Waals surface area contributed by atoms with Crippen LogP contribution in [0.25, 0.3) is 5.65 Å². The molecule has 1 N–H and O–H groups in total. The molecule has 0 bridgehead atoms. The molecule has 204 valence electrons. The molecule has 2 aliphatic rings. The molecule has 0 aliphatic carbocycles. The monoisotopic (exact) mass is 545 g/mol. The molecule has 3 aromatic rings. The number of phosphoric ester groups is 1. The minimum atomic E-state index is -3.69. The third kappa shape index (κ3) is 5.55. The minimum Gasteiger partial charge on any atom is -0.484 e. The summed E-state index contributed by atoms with van der Waals surface area (Å²) < 4.78 is 42.4. The molecule has 5 rings (SSSR count). The van der Waals surface area contributed by atoms with E-state index in [1.165, 1.54) is 6.20 Å². The van der Waals surface area contributed by atoms with Crippen LogP contribution < -0.4 is 15.0 Å². The molecule has 1 atom stereocenters. The standard InChI is InChI=1S/C25H32N5O7P/c1-4-34-38(32,35-5-2)36-17-25(3)15-18-13-20(21(14-22(18)37-25)29-9-11-33-12-10-29)28-24(31)19-16-27-30-8-6-7-26-23(19)30/h6-8,13-14,16H,4-5,9-12,15,17H2,1-3H3,(H,28,31). The van der Waals surface area contributed by atoms with E-state index in [-0.39, 0.29) is 25.7 Å². The Balaban J connectivity index is 1.41. The van der Waals surface area contributed by atoms with Crippen molar-refractivity contribution in [3.8, 4) is 5.75 Å². The molecule has 1 saturated heterocycles. The van der Waals surface area contributed by atoms with Gasteiger partial charge in [0, 0.05) is 43.5 Å². The van der Waals surface area contributed by atoms with E-state index in [1.807, 2.05) is 19.1 Å². The molecule has 1 unspecified atom stereocenters. The van der Waals surface area contributed by atoms with Gasteiger partial charge in [-0.05, 0) is 32.9 Å². The maximum absolute atomic E-state index is 13.3. The maximum atomic E-state index is 13.3. The van der Waals surface area contributed by atoms with E-state index in [9.17, 15) is 9.36 Å². The number of carbonyl (C=O) groups excluding carboxylic acids is 1. The van der Waals surface area contributed by atoms with Crippen molar-refractivity contribution in [2.75, 3.05) is 56.3 Å². The Kier molecular flexibility index (Phi) is 7.69. The number of anilines is 2. The zero-order valence-electron chi connectivity index (χ0n) is 21.7. The highest BCUT2D eigenvalue weighted by Gasteiger charge is 2.40.